The number of nitrogens with one attached hydrogen (secondary N) is 2. The van der Waals surface area contributed by atoms with E-state index in [0.29, 0.717) is 18.4 Å². The minimum absolute atomic E-state index is 0.0295. The number of hydrogen-bond donors (Lipinski definition) is 2. The van der Waals surface area contributed by atoms with Gasteiger partial charge < -0.3 is 10.6 Å². The summed E-state index contributed by atoms with van der Waals surface area (Å²) in [5.74, 6) is -0.0295. The number of carbonyl (C=O) groups excluding carboxylic acids is 1. The highest BCUT2D eigenvalue weighted by atomic mass is 16.1. The summed E-state index contributed by atoms with van der Waals surface area (Å²) < 4.78 is 0. The lowest BCUT2D eigenvalue weighted by Crippen LogP contribution is -2.12. The number of amides is 1. The van der Waals surface area contributed by atoms with Gasteiger partial charge >= 0.3 is 0 Å². The van der Waals surface area contributed by atoms with E-state index < -0.39 is 0 Å². The van der Waals surface area contributed by atoms with Crippen LogP contribution >= 0.6 is 0 Å². The minimum Gasteiger partial charge on any atom is -0.356 e. The summed E-state index contributed by atoms with van der Waals surface area (Å²) >= 11 is 0. The van der Waals surface area contributed by atoms with Gasteiger partial charge in [-0.15, -0.1) is 0 Å². The number of carbonyl (C=O) groups is 1. The maximum Gasteiger partial charge on any atom is 0.224 e. The fraction of sp³-hybridized carbons (Fsp3) is 0.0909. The van der Waals surface area contributed by atoms with Gasteiger partial charge in [-0.05, 0) is 60.5 Å². The van der Waals surface area contributed by atoms with Gasteiger partial charge in [0.1, 0.15) is 0 Å². The number of rotatable bonds is 6. The zero-order valence-corrected chi connectivity index (χ0v) is 14.3. The lowest BCUT2D eigenvalue weighted by Gasteiger charge is -2.09. The third-order valence-electron chi connectivity index (χ3n) is 3.95. The molecule has 3 rings (SSSR count). The Labute approximate surface area is 153 Å². The van der Waals surface area contributed by atoms with Gasteiger partial charge in [-0.25, -0.2) is 0 Å². The van der Waals surface area contributed by atoms with Gasteiger partial charge in [0.25, 0.3) is 0 Å². The molecule has 0 heterocycles. The van der Waals surface area contributed by atoms with E-state index in [1.54, 1.807) is 12.1 Å². The van der Waals surface area contributed by atoms with Crippen LogP contribution in [0.15, 0.2) is 78.9 Å². The second-order valence-corrected chi connectivity index (χ2v) is 5.93. The Kier molecular flexibility index (Phi) is 5.64. The molecule has 0 atom stereocenters. The monoisotopic (exact) mass is 341 g/mol. The van der Waals surface area contributed by atoms with E-state index >= 15 is 0 Å². The summed E-state index contributed by atoms with van der Waals surface area (Å²) in [6.07, 6.45) is 1.04. The van der Waals surface area contributed by atoms with E-state index in [4.69, 9.17) is 5.26 Å². The standard InChI is InChI=1S/C22H19N3O/c23-16-18-8-6-17(7-9-18)10-15-22(26)25-21-13-11-20(12-14-21)24-19-4-2-1-3-5-19/h1-9,11-14,24H,10,15H2,(H,25,26). The number of para-hydroxylation sites is 1. The highest BCUT2D eigenvalue weighted by Gasteiger charge is 2.04. The van der Waals surface area contributed by atoms with E-state index in [2.05, 4.69) is 16.7 Å². The van der Waals surface area contributed by atoms with Gasteiger partial charge in [0, 0.05) is 23.5 Å². The molecular weight excluding hydrogens is 322 g/mol. The van der Waals surface area contributed by atoms with Crippen LogP contribution in [0.1, 0.15) is 17.5 Å². The first kappa shape index (κ1) is 17.2. The molecule has 0 aromatic heterocycles. The van der Waals surface area contributed by atoms with Crippen molar-refractivity contribution in [2.45, 2.75) is 12.8 Å². The predicted molar refractivity (Wildman–Crippen MR) is 104 cm³/mol. The Morgan fingerprint density at radius 2 is 1.42 bits per heavy atom. The van der Waals surface area contributed by atoms with Crippen LogP contribution in [-0.4, -0.2) is 5.91 Å². The van der Waals surface area contributed by atoms with Crippen molar-refractivity contribution in [3.63, 3.8) is 0 Å². The van der Waals surface area contributed by atoms with E-state index in [-0.39, 0.29) is 5.91 Å². The fourth-order valence-corrected chi connectivity index (χ4v) is 2.55. The van der Waals surface area contributed by atoms with Crippen molar-refractivity contribution >= 4 is 23.0 Å². The quantitative estimate of drug-likeness (QED) is 0.672. The Morgan fingerprint density at radius 3 is 2.08 bits per heavy atom. The summed E-state index contributed by atoms with van der Waals surface area (Å²) in [6, 6.07) is 26.9. The molecule has 0 radical (unpaired) electrons. The lowest BCUT2D eigenvalue weighted by molar-refractivity contribution is -0.116. The van der Waals surface area contributed by atoms with Crippen LogP contribution < -0.4 is 10.6 Å². The largest absolute Gasteiger partial charge is 0.356 e. The minimum atomic E-state index is -0.0295. The molecule has 0 aliphatic rings. The molecular formula is C22H19N3O. The highest BCUT2D eigenvalue weighted by Crippen LogP contribution is 2.19. The van der Waals surface area contributed by atoms with Crippen LogP contribution in [-0.2, 0) is 11.2 Å². The van der Waals surface area contributed by atoms with Crippen molar-refractivity contribution in [2.75, 3.05) is 10.6 Å². The van der Waals surface area contributed by atoms with Crippen LogP contribution in [0.3, 0.4) is 0 Å². The molecule has 0 aliphatic heterocycles. The number of benzene rings is 3. The van der Waals surface area contributed by atoms with Crippen LogP contribution in [0.4, 0.5) is 17.1 Å². The maximum atomic E-state index is 12.1. The Hall–Kier alpha value is -3.58. The third kappa shape index (κ3) is 4.96. The topological polar surface area (TPSA) is 64.9 Å². The Morgan fingerprint density at radius 1 is 0.808 bits per heavy atom. The van der Waals surface area contributed by atoms with E-state index in [1.807, 2.05) is 66.7 Å². The van der Waals surface area contributed by atoms with E-state index in [9.17, 15) is 4.79 Å². The normalized spacial score (nSPS) is 9.96. The van der Waals surface area contributed by atoms with Gasteiger partial charge in [0.05, 0.1) is 11.6 Å². The second-order valence-electron chi connectivity index (χ2n) is 5.93. The number of anilines is 3. The molecule has 1 amide bonds. The average Bonchev–Trinajstić information content (AvgIpc) is 2.69. The number of aryl methyl sites for hydroxylation is 1. The molecule has 0 saturated carbocycles. The van der Waals surface area contributed by atoms with Gasteiger partial charge in [-0.3, -0.25) is 4.79 Å². The van der Waals surface area contributed by atoms with Gasteiger partial charge in [-0.2, -0.15) is 5.26 Å². The molecule has 2 N–H and O–H groups in total. The SMILES string of the molecule is N#Cc1ccc(CCC(=O)Nc2ccc(Nc3ccccc3)cc2)cc1. The molecule has 3 aromatic carbocycles. The zero-order valence-electron chi connectivity index (χ0n) is 14.3. The summed E-state index contributed by atoms with van der Waals surface area (Å²) in [7, 11) is 0. The zero-order chi connectivity index (χ0) is 18.2. The number of nitriles is 1. The Balaban J connectivity index is 1.50. The van der Waals surface area contributed by atoms with Crippen molar-refractivity contribution in [1.29, 1.82) is 5.26 Å². The lowest BCUT2D eigenvalue weighted by atomic mass is 10.1. The molecule has 3 aromatic rings. The van der Waals surface area contributed by atoms with E-state index in [1.165, 1.54) is 0 Å². The number of hydrogen-bond acceptors (Lipinski definition) is 3. The van der Waals surface area contributed by atoms with Gasteiger partial charge in [0.15, 0.2) is 0 Å². The van der Waals surface area contributed by atoms with E-state index in [0.717, 1.165) is 22.6 Å². The molecule has 4 heteroatoms. The van der Waals surface area contributed by atoms with Crippen molar-refractivity contribution in [1.82, 2.24) is 0 Å². The summed E-state index contributed by atoms with van der Waals surface area (Å²) in [4.78, 5) is 12.1. The average molecular weight is 341 g/mol. The number of nitrogens with zero attached hydrogens (tertiary/aromatic N) is 1. The van der Waals surface area contributed by atoms with Crippen LogP contribution in [0.2, 0.25) is 0 Å². The Bertz CT molecular complexity index is 895. The molecule has 128 valence electrons. The predicted octanol–water partition coefficient (Wildman–Crippen LogP) is 4.87. The molecule has 0 unspecified atom stereocenters. The smallest absolute Gasteiger partial charge is 0.224 e. The van der Waals surface area contributed by atoms with Crippen molar-refractivity contribution in [3.05, 3.63) is 90.0 Å². The molecule has 0 bridgehead atoms. The third-order valence-corrected chi connectivity index (χ3v) is 3.95. The first-order valence-corrected chi connectivity index (χ1v) is 8.44. The summed E-state index contributed by atoms with van der Waals surface area (Å²) in [5.41, 5.74) is 4.43. The highest BCUT2D eigenvalue weighted by molar-refractivity contribution is 5.91. The maximum absolute atomic E-state index is 12.1. The molecule has 0 aliphatic carbocycles. The molecule has 0 fully saturated rings. The van der Waals surface area contributed by atoms with Crippen LogP contribution in [0, 0.1) is 11.3 Å². The first-order chi connectivity index (χ1) is 12.7. The summed E-state index contributed by atoms with van der Waals surface area (Å²) in [5, 5.41) is 15.0. The van der Waals surface area contributed by atoms with Crippen molar-refractivity contribution < 1.29 is 4.79 Å². The van der Waals surface area contributed by atoms with Crippen molar-refractivity contribution in [2.24, 2.45) is 0 Å². The van der Waals surface area contributed by atoms with Crippen molar-refractivity contribution in [3.8, 4) is 6.07 Å². The van der Waals surface area contributed by atoms with Crippen LogP contribution in [0.25, 0.3) is 0 Å². The molecule has 0 saturated heterocycles. The van der Waals surface area contributed by atoms with Gasteiger partial charge in [0.2, 0.25) is 5.91 Å². The molecule has 4 nitrogen and oxygen atoms in total. The van der Waals surface area contributed by atoms with Gasteiger partial charge in [-0.1, -0.05) is 30.3 Å². The second kappa shape index (κ2) is 8.50. The summed E-state index contributed by atoms with van der Waals surface area (Å²) in [6.45, 7) is 0. The van der Waals surface area contributed by atoms with Crippen LogP contribution in [0.5, 0.6) is 0 Å². The first-order valence-electron chi connectivity index (χ1n) is 8.44. The molecule has 26 heavy (non-hydrogen) atoms. The molecule has 0 spiro atoms. The fourth-order valence-electron chi connectivity index (χ4n) is 2.55.